The third kappa shape index (κ3) is 2.47. The number of aryl methyl sites for hydroxylation is 1. The van der Waals surface area contributed by atoms with Gasteiger partial charge in [0.2, 0.25) is 0 Å². The van der Waals surface area contributed by atoms with E-state index < -0.39 is 0 Å². The summed E-state index contributed by atoms with van der Waals surface area (Å²) >= 11 is 0. The summed E-state index contributed by atoms with van der Waals surface area (Å²) in [4.78, 5) is 3.04. The second-order valence-corrected chi connectivity index (χ2v) is 4.28. The summed E-state index contributed by atoms with van der Waals surface area (Å²) in [5.74, 6) is 0.755. The molecule has 0 saturated heterocycles. The molecule has 2 heterocycles. The molecule has 1 aromatic carbocycles. The van der Waals surface area contributed by atoms with Crippen LogP contribution in [-0.4, -0.2) is 25.2 Å². The van der Waals surface area contributed by atoms with E-state index in [1.54, 1.807) is 4.68 Å². The number of rotatable bonds is 4. The van der Waals surface area contributed by atoms with Gasteiger partial charge in [-0.3, -0.25) is 0 Å². The first-order valence-corrected chi connectivity index (χ1v) is 6.01. The van der Waals surface area contributed by atoms with Crippen LogP contribution in [0.5, 0.6) is 0 Å². The van der Waals surface area contributed by atoms with Crippen molar-refractivity contribution in [1.29, 1.82) is 0 Å². The van der Waals surface area contributed by atoms with Crippen molar-refractivity contribution in [2.24, 2.45) is 7.05 Å². The first kappa shape index (κ1) is 11.5. The molecular weight excluding hydrogens is 240 g/mol. The Balaban J connectivity index is 1.78. The van der Waals surface area contributed by atoms with E-state index in [0.29, 0.717) is 0 Å². The number of anilines is 1. The Hall–Kier alpha value is -2.63. The van der Waals surface area contributed by atoms with E-state index in [-0.39, 0.29) is 0 Å². The van der Waals surface area contributed by atoms with Gasteiger partial charge in [-0.05, 0) is 34.2 Å². The van der Waals surface area contributed by atoms with Crippen LogP contribution >= 0.6 is 0 Å². The molecule has 6 heteroatoms. The fourth-order valence-electron chi connectivity index (χ4n) is 1.91. The molecule has 0 bridgehead atoms. The molecule has 0 saturated carbocycles. The van der Waals surface area contributed by atoms with E-state index in [4.69, 9.17) is 0 Å². The molecule has 2 aromatic heterocycles. The molecule has 0 unspecified atom stereocenters. The lowest BCUT2D eigenvalue weighted by atomic mass is 10.2. The molecule has 3 aromatic rings. The maximum absolute atomic E-state index is 4.01. The lowest BCUT2D eigenvalue weighted by Gasteiger charge is -2.06. The fraction of sp³-hybridized carbons (Fsp3) is 0.154. The van der Waals surface area contributed by atoms with Gasteiger partial charge in [0, 0.05) is 37.2 Å². The van der Waals surface area contributed by atoms with Crippen molar-refractivity contribution in [3.8, 4) is 11.4 Å². The number of aromatic nitrogens is 5. The minimum Gasteiger partial charge on any atom is -0.381 e. The van der Waals surface area contributed by atoms with Gasteiger partial charge >= 0.3 is 0 Å². The molecule has 6 nitrogen and oxygen atoms in total. The van der Waals surface area contributed by atoms with Gasteiger partial charge in [0.25, 0.3) is 0 Å². The summed E-state index contributed by atoms with van der Waals surface area (Å²) in [7, 11) is 1.83. The zero-order valence-corrected chi connectivity index (χ0v) is 10.5. The Kier molecular flexibility index (Phi) is 2.97. The summed E-state index contributed by atoms with van der Waals surface area (Å²) < 4.78 is 1.66. The van der Waals surface area contributed by atoms with Crippen LogP contribution in [0.4, 0.5) is 5.69 Å². The largest absolute Gasteiger partial charge is 0.381 e. The minimum absolute atomic E-state index is 0.755. The Morgan fingerprint density at radius 1 is 1.32 bits per heavy atom. The van der Waals surface area contributed by atoms with E-state index in [9.17, 15) is 0 Å². The highest BCUT2D eigenvalue weighted by Gasteiger charge is 2.06. The van der Waals surface area contributed by atoms with E-state index in [0.717, 1.165) is 23.6 Å². The molecule has 0 atom stereocenters. The third-order valence-electron chi connectivity index (χ3n) is 2.90. The van der Waals surface area contributed by atoms with E-state index in [1.807, 2.05) is 49.8 Å². The number of hydrogen-bond acceptors (Lipinski definition) is 4. The summed E-state index contributed by atoms with van der Waals surface area (Å²) in [5, 5.41) is 14.9. The highest BCUT2D eigenvalue weighted by Crippen LogP contribution is 2.19. The number of aromatic amines is 1. The number of nitrogens with zero attached hydrogens (tertiary/aromatic N) is 4. The predicted octanol–water partition coefficient (Wildman–Crippen LogP) is 1.82. The number of nitrogens with one attached hydrogen (secondary N) is 2. The first-order valence-electron chi connectivity index (χ1n) is 6.01. The van der Waals surface area contributed by atoms with Crippen LogP contribution in [0.1, 0.15) is 5.56 Å². The Morgan fingerprint density at radius 3 is 3.00 bits per heavy atom. The van der Waals surface area contributed by atoms with Crippen molar-refractivity contribution in [1.82, 2.24) is 25.2 Å². The molecule has 0 aliphatic heterocycles. The van der Waals surface area contributed by atoms with Crippen molar-refractivity contribution in [2.45, 2.75) is 6.54 Å². The second-order valence-electron chi connectivity index (χ2n) is 4.28. The molecule has 0 aliphatic carbocycles. The van der Waals surface area contributed by atoms with Gasteiger partial charge in [0.1, 0.15) is 0 Å². The van der Waals surface area contributed by atoms with Crippen molar-refractivity contribution < 1.29 is 0 Å². The monoisotopic (exact) mass is 254 g/mol. The zero-order chi connectivity index (χ0) is 13.1. The standard InChI is InChI=1S/C13H14N6/c1-19-13(16-17-18-19)11-3-2-4-12(7-11)15-9-10-5-6-14-8-10/h2-8,14-15H,9H2,1H3. The highest BCUT2D eigenvalue weighted by atomic mass is 15.5. The molecule has 0 amide bonds. The number of H-pyrrole nitrogens is 1. The molecular formula is C13H14N6. The quantitative estimate of drug-likeness (QED) is 0.745. The van der Waals surface area contributed by atoms with Gasteiger partial charge in [0.15, 0.2) is 5.82 Å². The van der Waals surface area contributed by atoms with Crippen LogP contribution < -0.4 is 5.32 Å². The summed E-state index contributed by atoms with van der Waals surface area (Å²) in [5.41, 5.74) is 3.25. The molecule has 0 aliphatic rings. The van der Waals surface area contributed by atoms with Gasteiger partial charge in [-0.25, -0.2) is 4.68 Å². The van der Waals surface area contributed by atoms with E-state index in [1.165, 1.54) is 5.56 Å². The molecule has 96 valence electrons. The third-order valence-corrected chi connectivity index (χ3v) is 2.90. The van der Waals surface area contributed by atoms with Crippen molar-refractivity contribution in [2.75, 3.05) is 5.32 Å². The van der Waals surface area contributed by atoms with Crippen LogP contribution in [0.3, 0.4) is 0 Å². The van der Waals surface area contributed by atoms with Crippen molar-refractivity contribution in [3.63, 3.8) is 0 Å². The van der Waals surface area contributed by atoms with Gasteiger partial charge in [0.05, 0.1) is 0 Å². The Morgan fingerprint density at radius 2 is 2.26 bits per heavy atom. The number of hydrogen-bond donors (Lipinski definition) is 2. The molecule has 3 rings (SSSR count). The Bertz CT molecular complexity index is 655. The van der Waals surface area contributed by atoms with Crippen LogP contribution in [0.25, 0.3) is 11.4 Å². The SMILES string of the molecule is Cn1nnnc1-c1cccc(NCc2cc[nH]c2)c1. The van der Waals surface area contributed by atoms with Crippen LogP contribution in [-0.2, 0) is 13.6 Å². The average Bonchev–Trinajstić information content (AvgIpc) is 3.08. The van der Waals surface area contributed by atoms with Crippen molar-refractivity contribution >= 4 is 5.69 Å². The normalized spacial score (nSPS) is 10.6. The lowest BCUT2D eigenvalue weighted by Crippen LogP contribution is -1.99. The van der Waals surface area contributed by atoms with Gasteiger partial charge < -0.3 is 10.3 Å². The summed E-state index contributed by atoms with van der Waals surface area (Å²) in [6.07, 6.45) is 3.89. The molecule has 2 N–H and O–H groups in total. The summed E-state index contributed by atoms with van der Waals surface area (Å²) in [6, 6.07) is 10.1. The lowest BCUT2D eigenvalue weighted by molar-refractivity contribution is 0.714. The van der Waals surface area contributed by atoms with Crippen LogP contribution in [0.15, 0.2) is 42.7 Å². The van der Waals surface area contributed by atoms with Crippen LogP contribution in [0, 0.1) is 0 Å². The zero-order valence-electron chi connectivity index (χ0n) is 10.5. The first-order chi connectivity index (χ1) is 9.33. The fourth-order valence-corrected chi connectivity index (χ4v) is 1.91. The maximum Gasteiger partial charge on any atom is 0.181 e. The highest BCUT2D eigenvalue weighted by molar-refractivity contribution is 5.62. The molecule has 0 fully saturated rings. The van der Waals surface area contributed by atoms with E-state index >= 15 is 0 Å². The number of benzene rings is 1. The average molecular weight is 254 g/mol. The molecule has 0 radical (unpaired) electrons. The number of tetrazole rings is 1. The predicted molar refractivity (Wildman–Crippen MR) is 72.4 cm³/mol. The van der Waals surface area contributed by atoms with Crippen molar-refractivity contribution in [3.05, 3.63) is 48.3 Å². The second kappa shape index (κ2) is 4.93. The topological polar surface area (TPSA) is 71.4 Å². The van der Waals surface area contributed by atoms with Crippen LogP contribution in [0.2, 0.25) is 0 Å². The maximum atomic E-state index is 4.01. The minimum atomic E-state index is 0.755. The Labute approximate surface area is 110 Å². The molecule has 0 spiro atoms. The van der Waals surface area contributed by atoms with Gasteiger partial charge in [-0.15, -0.1) is 5.10 Å². The smallest absolute Gasteiger partial charge is 0.181 e. The van der Waals surface area contributed by atoms with Gasteiger partial charge in [-0.2, -0.15) is 0 Å². The molecule has 19 heavy (non-hydrogen) atoms. The summed E-state index contributed by atoms with van der Waals surface area (Å²) in [6.45, 7) is 0.782. The van der Waals surface area contributed by atoms with Gasteiger partial charge in [-0.1, -0.05) is 12.1 Å². The van der Waals surface area contributed by atoms with E-state index in [2.05, 4.69) is 25.8 Å².